The lowest BCUT2D eigenvalue weighted by Crippen LogP contribution is -2.09. The number of rotatable bonds is 1. The Labute approximate surface area is 107 Å². The second kappa shape index (κ2) is 3.70. The Morgan fingerprint density at radius 1 is 1.12 bits per heavy atom. The van der Waals surface area contributed by atoms with Crippen LogP contribution < -0.4 is 0 Å². The van der Waals surface area contributed by atoms with Crippen molar-refractivity contribution in [2.75, 3.05) is 7.11 Å². The zero-order chi connectivity index (χ0) is 12.0. The minimum absolute atomic E-state index is 0.285. The van der Waals surface area contributed by atoms with Crippen LogP contribution >= 0.6 is 15.9 Å². The van der Waals surface area contributed by atoms with Gasteiger partial charge in [-0.15, -0.1) is 0 Å². The van der Waals surface area contributed by atoms with Crippen LogP contribution in [0, 0.1) is 0 Å². The van der Waals surface area contributed by atoms with E-state index >= 15 is 0 Å². The summed E-state index contributed by atoms with van der Waals surface area (Å²) >= 11 is 3.44. The second-order valence-corrected chi connectivity index (χ2v) is 4.83. The number of halogens is 1. The molecule has 2 aromatic carbocycles. The molecule has 0 spiro atoms. The summed E-state index contributed by atoms with van der Waals surface area (Å²) in [5.41, 5.74) is 5.05. The molecule has 0 saturated carbocycles. The van der Waals surface area contributed by atoms with E-state index in [4.69, 9.17) is 4.74 Å². The monoisotopic (exact) mass is 288 g/mol. The number of carbonyl (C=O) groups excluding carboxylic acids is 1. The molecule has 0 radical (unpaired) electrons. The van der Waals surface area contributed by atoms with Gasteiger partial charge in [0.2, 0.25) is 0 Å². The van der Waals surface area contributed by atoms with Crippen molar-refractivity contribution in [2.45, 2.75) is 0 Å². The first kappa shape index (κ1) is 10.5. The molecule has 0 saturated heterocycles. The van der Waals surface area contributed by atoms with Gasteiger partial charge in [0.05, 0.1) is 12.7 Å². The molecule has 0 atom stereocenters. The molecule has 2 nitrogen and oxygen atoms in total. The van der Waals surface area contributed by atoms with Crippen molar-refractivity contribution >= 4 is 21.9 Å². The van der Waals surface area contributed by atoms with Crippen LogP contribution in [0.3, 0.4) is 0 Å². The minimum atomic E-state index is -0.285. The maximum absolute atomic E-state index is 11.7. The van der Waals surface area contributed by atoms with Crippen molar-refractivity contribution in [3.05, 3.63) is 46.4 Å². The molecule has 0 bridgehead atoms. The summed E-state index contributed by atoms with van der Waals surface area (Å²) in [6.07, 6.45) is 0. The van der Waals surface area contributed by atoms with Gasteiger partial charge in [0.15, 0.2) is 0 Å². The van der Waals surface area contributed by atoms with Crippen LogP contribution in [0.15, 0.2) is 40.9 Å². The fourth-order valence-corrected chi connectivity index (χ4v) is 2.60. The molecule has 2 aromatic rings. The lowest BCUT2D eigenvalue weighted by molar-refractivity contribution is 0.0601. The van der Waals surface area contributed by atoms with Crippen LogP contribution in [0.25, 0.3) is 22.3 Å². The summed E-state index contributed by atoms with van der Waals surface area (Å²) in [5.74, 6) is -0.285. The Kier molecular flexibility index (Phi) is 2.30. The second-order valence-electron chi connectivity index (χ2n) is 3.91. The van der Waals surface area contributed by atoms with Crippen molar-refractivity contribution in [3.63, 3.8) is 0 Å². The molecule has 0 unspecified atom stereocenters. The van der Waals surface area contributed by atoms with Gasteiger partial charge in [-0.05, 0) is 34.9 Å². The van der Waals surface area contributed by atoms with E-state index in [2.05, 4.69) is 22.0 Å². The van der Waals surface area contributed by atoms with Gasteiger partial charge in [-0.25, -0.2) is 4.79 Å². The van der Waals surface area contributed by atoms with Crippen LogP contribution in [-0.2, 0) is 4.74 Å². The zero-order valence-corrected chi connectivity index (χ0v) is 10.7. The van der Waals surface area contributed by atoms with Crippen molar-refractivity contribution < 1.29 is 9.53 Å². The molecule has 0 fully saturated rings. The van der Waals surface area contributed by atoms with E-state index in [0.29, 0.717) is 5.56 Å². The largest absolute Gasteiger partial charge is 0.465 e. The summed E-state index contributed by atoms with van der Waals surface area (Å²) in [4.78, 5) is 11.7. The number of hydrogen-bond donors (Lipinski definition) is 0. The van der Waals surface area contributed by atoms with E-state index in [-0.39, 0.29) is 5.97 Å². The van der Waals surface area contributed by atoms with Crippen LogP contribution in [-0.4, -0.2) is 13.1 Å². The summed E-state index contributed by atoms with van der Waals surface area (Å²) in [5, 5.41) is 0. The molecule has 0 amide bonds. The maximum Gasteiger partial charge on any atom is 0.338 e. The van der Waals surface area contributed by atoms with E-state index in [9.17, 15) is 4.79 Å². The summed E-state index contributed by atoms with van der Waals surface area (Å²) < 4.78 is 5.82. The highest BCUT2D eigenvalue weighted by Gasteiger charge is 2.27. The molecule has 0 aromatic heterocycles. The standard InChI is InChI=1S/C14H9BrO2/c1-17-14(16)11-4-2-3-10-9-6-5-8(15)7-12(9)13(10)11/h2-7H,1H3. The number of hydrogen-bond acceptors (Lipinski definition) is 2. The topological polar surface area (TPSA) is 26.3 Å². The number of benzene rings is 2. The Hall–Kier alpha value is -1.61. The minimum Gasteiger partial charge on any atom is -0.465 e. The number of methoxy groups -OCH3 is 1. The molecule has 0 heterocycles. The van der Waals surface area contributed by atoms with Crippen LogP contribution in [0.2, 0.25) is 0 Å². The first-order valence-corrected chi connectivity index (χ1v) is 6.03. The lowest BCUT2D eigenvalue weighted by Gasteiger charge is -2.26. The van der Waals surface area contributed by atoms with E-state index in [0.717, 1.165) is 21.2 Å². The quantitative estimate of drug-likeness (QED) is 0.635. The number of ether oxygens (including phenoxy) is 1. The van der Waals surface area contributed by atoms with E-state index in [1.165, 1.54) is 12.7 Å². The number of esters is 1. The predicted molar refractivity (Wildman–Crippen MR) is 69.9 cm³/mol. The Bertz CT molecular complexity index is 632. The maximum atomic E-state index is 11.7. The molecule has 3 heteroatoms. The number of carbonyl (C=O) groups is 1. The highest BCUT2D eigenvalue weighted by Crippen LogP contribution is 2.49. The molecule has 0 N–H and O–H groups in total. The van der Waals surface area contributed by atoms with Gasteiger partial charge >= 0.3 is 5.97 Å². The Morgan fingerprint density at radius 2 is 1.94 bits per heavy atom. The summed E-state index contributed by atoms with van der Waals surface area (Å²) in [6, 6.07) is 11.8. The molecule has 1 aliphatic carbocycles. The third kappa shape index (κ3) is 1.42. The van der Waals surface area contributed by atoms with Crippen molar-refractivity contribution in [2.24, 2.45) is 0 Å². The van der Waals surface area contributed by atoms with Gasteiger partial charge in [-0.1, -0.05) is 34.1 Å². The van der Waals surface area contributed by atoms with Crippen LogP contribution in [0.5, 0.6) is 0 Å². The van der Waals surface area contributed by atoms with Gasteiger partial charge < -0.3 is 4.74 Å². The van der Waals surface area contributed by atoms with Gasteiger partial charge in [0, 0.05) is 10.0 Å². The fourth-order valence-electron chi connectivity index (χ4n) is 2.24. The zero-order valence-electron chi connectivity index (χ0n) is 9.16. The van der Waals surface area contributed by atoms with Gasteiger partial charge in [-0.3, -0.25) is 0 Å². The van der Waals surface area contributed by atoms with Gasteiger partial charge in [-0.2, -0.15) is 0 Å². The molecular weight excluding hydrogens is 280 g/mol. The summed E-state index contributed by atoms with van der Waals surface area (Å²) in [6.45, 7) is 0. The summed E-state index contributed by atoms with van der Waals surface area (Å²) in [7, 11) is 1.40. The van der Waals surface area contributed by atoms with Crippen molar-refractivity contribution in [1.29, 1.82) is 0 Å². The fraction of sp³-hybridized carbons (Fsp3) is 0.0714. The molecule has 0 aliphatic heterocycles. The normalized spacial score (nSPS) is 11.2. The first-order chi connectivity index (χ1) is 8.22. The lowest BCUT2D eigenvalue weighted by atomic mass is 9.78. The molecule has 1 aliphatic rings. The van der Waals surface area contributed by atoms with E-state index < -0.39 is 0 Å². The molecule has 3 rings (SSSR count). The van der Waals surface area contributed by atoms with E-state index in [1.54, 1.807) is 6.07 Å². The highest BCUT2D eigenvalue weighted by molar-refractivity contribution is 9.10. The SMILES string of the molecule is COC(=O)c1cccc2c1-c1cc(Br)ccc1-2. The molecule has 17 heavy (non-hydrogen) atoms. The smallest absolute Gasteiger partial charge is 0.338 e. The van der Waals surface area contributed by atoms with Crippen molar-refractivity contribution in [1.82, 2.24) is 0 Å². The Morgan fingerprint density at radius 3 is 2.71 bits per heavy atom. The first-order valence-electron chi connectivity index (χ1n) is 5.24. The average molecular weight is 289 g/mol. The van der Waals surface area contributed by atoms with Gasteiger partial charge in [0.1, 0.15) is 0 Å². The third-order valence-electron chi connectivity index (χ3n) is 3.01. The molecular formula is C14H9BrO2. The van der Waals surface area contributed by atoms with Gasteiger partial charge in [0.25, 0.3) is 0 Å². The molecule has 84 valence electrons. The number of fused-ring (bicyclic) bond motifs is 4. The average Bonchev–Trinajstić information content (AvgIpc) is 2.35. The Balaban J connectivity index is 2.22. The van der Waals surface area contributed by atoms with Crippen LogP contribution in [0.4, 0.5) is 0 Å². The van der Waals surface area contributed by atoms with Crippen molar-refractivity contribution in [3.8, 4) is 22.3 Å². The van der Waals surface area contributed by atoms with E-state index in [1.807, 2.05) is 24.3 Å². The highest BCUT2D eigenvalue weighted by atomic mass is 79.9. The predicted octanol–water partition coefficient (Wildman–Crippen LogP) is 3.88. The third-order valence-corrected chi connectivity index (χ3v) is 3.50. The van der Waals surface area contributed by atoms with Crippen LogP contribution in [0.1, 0.15) is 10.4 Å².